The first-order chi connectivity index (χ1) is 8.77. The number of hydrogen-bond acceptors (Lipinski definition) is 2. The Morgan fingerprint density at radius 3 is 2.58 bits per heavy atom. The van der Waals surface area contributed by atoms with Crippen LogP contribution in [0.1, 0.15) is 40.7 Å². The van der Waals surface area contributed by atoms with Gasteiger partial charge in [0.05, 0.1) is 5.56 Å². The van der Waals surface area contributed by atoms with Crippen molar-refractivity contribution in [2.45, 2.75) is 32.4 Å². The van der Waals surface area contributed by atoms with Crippen molar-refractivity contribution < 1.29 is 23.1 Å². The van der Waals surface area contributed by atoms with E-state index in [0.717, 1.165) is 0 Å². The van der Waals surface area contributed by atoms with Crippen LogP contribution in [0.5, 0.6) is 5.75 Å². The topological polar surface area (TPSA) is 37.3 Å². The fourth-order valence-electron chi connectivity index (χ4n) is 1.65. The molecule has 1 rings (SSSR count). The lowest BCUT2D eigenvalue weighted by atomic mass is 9.99. The number of benzene rings is 1. The average Bonchev–Trinajstić information content (AvgIpc) is 2.31. The summed E-state index contributed by atoms with van der Waals surface area (Å²) in [4.78, 5) is 11.7. The van der Waals surface area contributed by atoms with E-state index in [9.17, 15) is 23.1 Å². The van der Waals surface area contributed by atoms with E-state index in [1.54, 1.807) is 0 Å². The molecule has 0 radical (unpaired) electrons. The quantitative estimate of drug-likeness (QED) is 0.514. The highest BCUT2D eigenvalue weighted by molar-refractivity contribution is 5.96. The smallest absolute Gasteiger partial charge is 0.419 e. The summed E-state index contributed by atoms with van der Waals surface area (Å²) >= 11 is 0. The van der Waals surface area contributed by atoms with Gasteiger partial charge >= 0.3 is 6.18 Å². The van der Waals surface area contributed by atoms with Gasteiger partial charge in [-0.1, -0.05) is 0 Å². The van der Waals surface area contributed by atoms with E-state index in [1.165, 1.54) is 13.0 Å². The minimum atomic E-state index is -4.69. The van der Waals surface area contributed by atoms with Crippen LogP contribution in [0.2, 0.25) is 0 Å². The van der Waals surface area contributed by atoms with Crippen LogP contribution < -0.4 is 0 Å². The first-order valence-electron chi connectivity index (χ1n) is 5.65. The first-order valence-corrected chi connectivity index (χ1v) is 5.65. The molecule has 0 aliphatic carbocycles. The highest BCUT2D eigenvalue weighted by Gasteiger charge is 2.35. The molecular weight excluding hydrogens is 257 g/mol. The number of carbonyl (C=O) groups is 1. The molecule has 19 heavy (non-hydrogen) atoms. The van der Waals surface area contributed by atoms with Crippen molar-refractivity contribution in [2.24, 2.45) is 0 Å². The van der Waals surface area contributed by atoms with Crippen LogP contribution in [0.15, 0.2) is 12.1 Å². The summed E-state index contributed by atoms with van der Waals surface area (Å²) in [5, 5.41) is 9.40. The molecule has 0 bridgehead atoms. The highest BCUT2D eigenvalue weighted by atomic mass is 19.4. The van der Waals surface area contributed by atoms with E-state index in [4.69, 9.17) is 6.42 Å². The zero-order chi connectivity index (χ0) is 14.6. The molecule has 0 aliphatic heterocycles. The van der Waals surface area contributed by atoms with E-state index in [0.29, 0.717) is 18.9 Å². The molecule has 102 valence electrons. The number of unbranched alkanes of at least 4 members (excludes halogenated alkanes) is 1. The largest absolute Gasteiger partial charge is 0.507 e. The number of alkyl halides is 3. The van der Waals surface area contributed by atoms with Crippen LogP contribution in [0.4, 0.5) is 13.2 Å². The number of hydrogen-bond donors (Lipinski definition) is 1. The second-order valence-corrected chi connectivity index (χ2v) is 4.17. The van der Waals surface area contributed by atoms with Gasteiger partial charge in [-0.05, 0) is 31.0 Å². The van der Waals surface area contributed by atoms with Gasteiger partial charge < -0.3 is 5.11 Å². The van der Waals surface area contributed by atoms with Crippen LogP contribution in [0, 0.1) is 19.3 Å². The Balaban J connectivity index is 3.08. The molecule has 0 saturated carbocycles. The Morgan fingerprint density at radius 2 is 2.05 bits per heavy atom. The summed E-state index contributed by atoms with van der Waals surface area (Å²) in [7, 11) is 0. The maximum Gasteiger partial charge on any atom is 0.419 e. The summed E-state index contributed by atoms with van der Waals surface area (Å²) in [6, 6.07) is 1.93. The fourth-order valence-corrected chi connectivity index (χ4v) is 1.65. The van der Waals surface area contributed by atoms with Crippen molar-refractivity contribution in [1.82, 2.24) is 0 Å². The van der Waals surface area contributed by atoms with Crippen LogP contribution in [0.3, 0.4) is 0 Å². The van der Waals surface area contributed by atoms with Crippen molar-refractivity contribution in [1.29, 1.82) is 0 Å². The van der Waals surface area contributed by atoms with Gasteiger partial charge in [0.25, 0.3) is 0 Å². The molecule has 1 N–H and O–H groups in total. The third kappa shape index (κ3) is 3.75. The number of aryl methyl sites for hydroxylation is 1. The standard InChI is InChI=1S/C14H13F3O2/c1-3-4-5-6-12(18)10-7-9(2)13(19)11(8-10)14(15,16)17/h1,7-8,19H,4-6H2,2H3. The molecule has 0 aliphatic rings. The van der Waals surface area contributed by atoms with E-state index in [-0.39, 0.29) is 17.5 Å². The van der Waals surface area contributed by atoms with Gasteiger partial charge in [0.1, 0.15) is 5.75 Å². The summed E-state index contributed by atoms with van der Waals surface area (Å²) < 4.78 is 38.0. The Labute approximate surface area is 109 Å². The predicted octanol–water partition coefficient (Wildman–Crippen LogP) is 3.71. The SMILES string of the molecule is C#CCCCC(=O)c1cc(C)c(O)c(C(F)(F)F)c1. The number of aromatic hydroxyl groups is 1. The maximum absolute atomic E-state index is 12.7. The molecule has 0 aromatic heterocycles. The number of ketones is 1. The zero-order valence-corrected chi connectivity index (χ0v) is 10.3. The Morgan fingerprint density at radius 1 is 1.42 bits per heavy atom. The van der Waals surface area contributed by atoms with Gasteiger partial charge in [-0.3, -0.25) is 4.79 Å². The Hall–Kier alpha value is -1.96. The molecule has 2 nitrogen and oxygen atoms in total. The van der Waals surface area contributed by atoms with Crippen molar-refractivity contribution in [3.8, 4) is 18.1 Å². The summed E-state index contributed by atoms with van der Waals surface area (Å²) in [5.74, 6) is 1.11. The molecular formula is C14H13F3O2. The molecule has 0 heterocycles. The molecule has 0 saturated heterocycles. The number of rotatable bonds is 4. The van der Waals surface area contributed by atoms with E-state index in [2.05, 4.69) is 5.92 Å². The summed E-state index contributed by atoms with van der Waals surface area (Å²) in [6.07, 6.45) is 1.26. The van der Waals surface area contributed by atoms with Crippen molar-refractivity contribution in [3.05, 3.63) is 28.8 Å². The second-order valence-electron chi connectivity index (χ2n) is 4.17. The summed E-state index contributed by atoms with van der Waals surface area (Å²) in [5.41, 5.74) is -1.22. The van der Waals surface area contributed by atoms with Gasteiger partial charge in [0.15, 0.2) is 5.78 Å². The maximum atomic E-state index is 12.7. The van der Waals surface area contributed by atoms with Crippen LogP contribution >= 0.6 is 0 Å². The number of terminal acetylenes is 1. The Bertz CT molecular complexity index is 525. The fraction of sp³-hybridized carbons (Fsp3) is 0.357. The monoisotopic (exact) mass is 270 g/mol. The van der Waals surface area contributed by atoms with E-state index in [1.807, 2.05) is 0 Å². The third-order valence-electron chi connectivity index (χ3n) is 2.65. The zero-order valence-electron chi connectivity index (χ0n) is 10.3. The van der Waals surface area contributed by atoms with Crippen LogP contribution in [-0.2, 0) is 6.18 Å². The van der Waals surface area contributed by atoms with Gasteiger partial charge in [0.2, 0.25) is 0 Å². The second kappa shape index (κ2) is 5.79. The van der Waals surface area contributed by atoms with Crippen molar-refractivity contribution in [3.63, 3.8) is 0 Å². The number of Topliss-reactive ketones (excluding diaryl/α,β-unsaturated/α-hetero) is 1. The van der Waals surface area contributed by atoms with Gasteiger partial charge in [0, 0.05) is 18.4 Å². The van der Waals surface area contributed by atoms with E-state index >= 15 is 0 Å². The molecule has 5 heteroatoms. The van der Waals surface area contributed by atoms with Gasteiger partial charge in [-0.15, -0.1) is 12.3 Å². The van der Waals surface area contributed by atoms with Gasteiger partial charge in [-0.25, -0.2) is 0 Å². The molecule has 0 unspecified atom stereocenters. The predicted molar refractivity (Wildman–Crippen MR) is 64.9 cm³/mol. The average molecular weight is 270 g/mol. The Kier molecular flexibility index (Phi) is 4.60. The van der Waals surface area contributed by atoms with Crippen molar-refractivity contribution >= 4 is 5.78 Å². The highest BCUT2D eigenvalue weighted by Crippen LogP contribution is 2.38. The molecule has 0 fully saturated rings. The number of carbonyl (C=O) groups excluding carboxylic acids is 1. The van der Waals surface area contributed by atoms with E-state index < -0.39 is 23.3 Å². The normalized spacial score (nSPS) is 11.1. The third-order valence-corrected chi connectivity index (χ3v) is 2.65. The minimum Gasteiger partial charge on any atom is -0.507 e. The molecule has 0 amide bonds. The summed E-state index contributed by atoms with van der Waals surface area (Å²) in [6.45, 7) is 1.32. The number of halogens is 3. The van der Waals surface area contributed by atoms with Crippen LogP contribution in [-0.4, -0.2) is 10.9 Å². The molecule has 1 aromatic rings. The molecule has 0 atom stereocenters. The lowest BCUT2D eigenvalue weighted by molar-refractivity contribution is -0.138. The van der Waals surface area contributed by atoms with Gasteiger partial charge in [-0.2, -0.15) is 13.2 Å². The molecule has 0 spiro atoms. The molecule has 1 aromatic carbocycles. The van der Waals surface area contributed by atoms with Crippen molar-refractivity contribution in [2.75, 3.05) is 0 Å². The first kappa shape index (κ1) is 15.1. The van der Waals surface area contributed by atoms with Crippen LogP contribution in [0.25, 0.3) is 0 Å². The number of phenols is 1. The lowest BCUT2D eigenvalue weighted by Gasteiger charge is -2.12. The minimum absolute atomic E-state index is 0.0233. The lowest BCUT2D eigenvalue weighted by Crippen LogP contribution is -2.09. The number of phenolic OH excluding ortho intramolecular Hbond substituents is 1.